The fourth-order valence-corrected chi connectivity index (χ4v) is 3.55. The highest BCUT2D eigenvalue weighted by molar-refractivity contribution is 6.21. The van der Waals surface area contributed by atoms with Crippen molar-refractivity contribution in [3.8, 4) is 0 Å². The second-order valence-corrected chi connectivity index (χ2v) is 6.39. The molecule has 2 nitrogen and oxygen atoms in total. The van der Waals surface area contributed by atoms with Crippen LogP contribution in [0.3, 0.4) is 0 Å². The second kappa shape index (κ2) is 5.38. The van der Waals surface area contributed by atoms with Gasteiger partial charge in [-0.1, -0.05) is 60.7 Å². The molecule has 0 unspecified atom stereocenters. The summed E-state index contributed by atoms with van der Waals surface area (Å²) in [6.07, 6.45) is 0. The Morgan fingerprint density at radius 3 is 2.36 bits per heavy atom. The molecule has 5 aromatic rings. The highest BCUT2D eigenvalue weighted by Gasteiger charge is 2.16. The molecular weight excluding hydrogens is 306 g/mol. The van der Waals surface area contributed by atoms with Crippen LogP contribution in [0.2, 0.25) is 0 Å². The smallest absolute Gasteiger partial charge is 0.145 e. The molecule has 0 saturated carbocycles. The maximum Gasteiger partial charge on any atom is 0.145 e. The molecule has 4 aromatic carbocycles. The van der Waals surface area contributed by atoms with Crippen LogP contribution in [0.25, 0.3) is 32.7 Å². The van der Waals surface area contributed by atoms with E-state index in [1.165, 1.54) is 5.39 Å². The summed E-state index contributed by atoms with van der Waals surface area (Å²) in [5.74, 6) is 0. The Balaban J connectivity index is 1.91. The van der Waals surface area contributed by atoms with E-state index < -0.39 is 0 Å². The number of hydrogen-bond acceptors (Lipinski definition) is 2. The molecule has 0 fully saturated rings. The maximum atomic E-state index is 6.33. The number of anilines is 2. The lowest BCUT2D eigenvalue weighted by Gasteiger charge is -2.10. The summed E-state index contributed by atoms with van der Waals surface area (Å²) in [4.78, 5) is 0. The van der Waals surface area contributed by atoms with Gasteiger partial charge in [-0.3, -0.25) is 0 Å². The molecule has 1 heterocycles. The number of para-hydroxylation sites is 2. The quantitative estimate of drug-likeness (QED) is 0.387. The van der Waals surface area contributed by atoms with Gasteiger partial charge in [0.25, 0.3) is 0 Å². The number of fused-ring (bicyclic) bond motifs is 5. The van der Waals surface area contributed by atoms with Crippen LogP contribution >= 0.6 is 0 Å². The van der Waals surface area contributed by atoms with Crippen LogP contribution in [0.4, 0.5) is 11.4 Å². The van der Waals surface area contributed by atoms with Gasteiger partial charge < -0.3 is 9.73 Å². The van der Waals surface area contributed by atoms with Crippen LogP contribution in [0.5, 0.6) is 0 Å². The fourth-order valence-electron chi connectivity index (χ4n) is 3.55. The van der Waals surface area contributed by atoms with Gasteiger partial charge in [0, 0.05) is 16.5 Å². The Bertz CT molecular complexity index is 1220. The average Bonchev–Trinajstić information content (AvgIpc) is 3.04. The topological polar surface area (TPSA) is 25.2 Å². The van der Waals surface area contributed by atoms with Crippen LogP contribution in [0, 0.1) is 6.92 Å². The predicted molar refractivity (Wildman–Crippen MR) is 106 cm³/mol. The van der Waals surface area contributed by atoms with E-state index >= 15 is 0 Å². The van der Waals surface area contributed by atoms with Gasteiger partial charge in [-0.25, -0.2) is 0 Å². The SMILES string of the molecule is Cc1cccc2c1oc1c3ccccc3cc(Nc3ccccc3)c21. The molecule has 2 heteroatoms. The van der Waals surface area contributed by atoms with Crippen molar-refractivity contribution in [2.45, 2.75) is 6.92 Å². The molecule has 1 aromatic heterocycles. The van der Waals surface area contributed by atoms with Gasteiger partial charge in [-0.05, 0) is 36.1 Å². The van der Waals surface area contributed by atoms with E-state index in [0.717, 1.165) is 44.3 Å². The third kappa shape index (κ3) is 2.18. The van der Waals surface area contributed by atoms with Crippen LogP contribution < -0.4 is 5.32 Å². The van der Waals surface area contributed by atoms with Crippen LogP contribution in [0.15, 0.2) is 83.3 Å². The number of nitrogens with one attached hydrogen (secondary N) is 1. The predicted octanol–water partition coefficient (Wildman–Crippen LogP) is 6.79. The first kappa shape index (κ1) is 14.1. The first-order valence-corrected chi connectivity index (χ1v) is 8.47. The van der Waals surface area contributed by atoms with Gasteiger partial charge in [0.15, 0.2) is 0 Å². The minimum atomic E-state index is 0.945. The summed E-state index contributed by atoms with van der Waals surface area (Å²) < 4.78 is 6.33. The molecule has 0 aliphatic rings. The first-order valence-electron chi connectivity index (χ1n) is 8.47. The Morgan fingerprint density at radius 1 is 0.720 bits per heavy atom. The molecule has 0 bridgehead atoms. The van der Waals surface area contributed by atoms with E-state index in [1.54, 1.807) is 0 Å². The lowest BCUT2D eigenvalue weighted by Crippen LogP contribution is -1.91. The lowest BCUT2D eigenvalue weighted by atomic mass is 10.0. The van der Waals surface area contributed by atoms with E-state index in [4.69, 9.17) is 4.42 Å². The minimum absolute atomic E-state index is 0.945. The largest absolute Gasteiger partial charge is 0.455 e. The molecule has 120 valence electrons. The van der Waals surface area contributed by atoms with Crippen LogP contribution in [-0.2, 0) is 0 Å². The molecule has 0 aliphatic carbocycles. The van der Waals surface area contributed by atoms with Crippen molar-refractivity contribution in [2.24, 2.45) is 0 Å². The van der Waals surface area contributed by atoms with Gasteiger partial charge >= 0.3 is 0 Å². The highest BCUT2D eigenvalue weighted by Crippen LogP contribution is 2.41. The number of aryl methyl sites for hydroxylation is 1. The van der Waals surface area contributed by atoms with E-state index in [-0.39, 0.29) is 0 Å². The van der Waals surface area contributed by atoms with Crippen molar-refractivity contribution in [3.63, 3.8) is 0 Å². The average molecular weight is 323 g/mol. The van der Waals surface area contributed by atoms with Gasteiger partial charge in [0.2, 0.25) is 0 Å². The van der Waals surface area contributed by atoms with Crippen molar-refractivity contribution in [1.82, 2.24) is 0 Å². The molecule has 0 radical (unpaired) electrons. The molecule has 1 N–H and O–H groups in total. The Hall–Kier alpha value is -3.26. The zero-order valence-corrected chi connectivity index (χ0v) is 13.9. The summed E-state index contributed by atoms with van der Waals surface area (Å²) >= 11 is 0. The van der Waals surface area contributed by atoms with Crippen LogP contribution in [0.1, 0.15) is 5.56 Å². The molecule has 5 rings (SSSR count). The molecule has 0 aliphatic heterocycles. The Kier molecular flexibility index (Phi) is 3.04. The van der Waals surface area contributed by atoms with Crippen molar-refractivity contribution < 1.29 is 4.42 Å². The third-order valence-electron chi connectivity index (χ3n) is 4.74. The van der Waals surface area contributed by atoms with Crippen LogP contribution in [-0.4, -0.2) is 0 Å². The van der Waals surface area contributed by atoms with E-state index in [2.05, 4.69) is 72.9 Å². The lowest BCUT2D eigenvalue weighted by molar-refractivity contribution is 0.669. The summed E-state index contributed by atoms with van der Waals surface area (Å²) in [7, 11) is 0. The zero-order valence-electron chi connectivity index (χ0n) is 13.9. The number of rotatable bonds is 2. The fraction of sp³-hybridized carbons (Fsp3) is 0.0435. The van der Waals surface area contributed by atoms with Crippen molar-refractivity contribution in [2.75, 3.05) is 5.32 Å². The van der Waals surface area contributed by atoms with Gasteiger partial charge in [0.1, 0.15) is 11.2 Å². The molecule has 0 saturated heterocycles. The molecular formula is C23H17NO. The molecule has 25 heavy (non-hydrogen) atoms. The van der Waals surface area contributed by atoms with Gasteiger partial charge in [0.05, 0.1) is 11.1 Å². The Labute approximate surface area is 145 Å². The van der Waals surface area contributed by atoms with Crippen molar-refractivity contribution in [1.29, 1.82) is 0 Å². The summed E-state index contributed by atoms with van der Waals surface area (Å²) in [5, 5.41) is 8.19. The maximum absolute atomic E-state index is 6.33. The molecule has 0 amide bonds. The molecule has 0 spiro atoms. The van der Waals surface area contributed by atoms with Crippen molar-refractivity contribution >= 4 is 44.1 Å². The molecule has 0 atom stereocenters. The normalized spacial score (nSPS) is 11.4. The van der Waals surface area contributed by atoms with Gasteiger partial charge in [-0.15, -0.1) is 0 Å². The standard InChI is InChI=1S/C23H17NO/c1-15-8-7-13-19-21-20(24-17-10-3-2-4-11-17)14-16-9-5-6-12-18(16)23(21)25-22(15)19/h2-14,24H,1H3. The third-order valence-corrected chi connectivity index (χ3v) is 4.74. The van der Waals surface area contributed by atoms with E-state index in [9.17, 15) is 0 Å². The summed E-state index contributed by atoms with van der Waals surface area (Å²) in [6.45, 7) is 2.09. The summed E-state index contributed by atoms with van der Waals surface area (Å²) in [6, 6.07) is 27.2. The highest BCUT2D eigenvalue weighted by atomic mass is 16.3. The number of furan rings is 1. The number of benzene rings is 4. The monoisotopic (exact) mass is 323 g/mol. The second-order valence-electron chi connectivity index (χ2n) is 6.39. The zero-order chi connectivity index (χ0) is 16.8. The van der Waals surface area contributed by atoms with Gasteiger partial charge in [-0.2, -0.15) is 0 Å². The van der Waals surface area contributed by atoms with Crippen molar-refractivity contribution in [3.05, 3.63) is 84.4 Å². The minimum Gasteiger partial charge on any atom is -0.455 e. The number of hydrogen-bond donors (Lipinski definition) is 1. The summed E-state index contributed by atoms with van der Waals surface area (Å²) in [5.41, 5.74) is 5.21. The first-order chi connectivity index (χ1) is 12.3. The van der Waals surface area contributed by atoms with E-state index in [1.807, 2.05) is 18.2 Å². The van der Waals surface area contributed by atoms with E-state index in [0.29, 0.717) is 0 Å². The Morgan fingerprint density at radius 2 is 1.48 bits per heavy atom.